The second-order valence-corrected chi connectivity index (χ2v) is 4.19. The summed E-state index contributed by atoms with van der Waals surface area (Å²) in [5.41, 5.74) is -2.54. The molecule has 2 atom stereocenters. The van der Waals surface area contributed by atoms with Gasteiger partial charge in [0.05, 0.1) is 6.20 Å². The lowest BCUT2D eigenvalue weighted by molar-refractivity contribution is -0.132. The lowest BCUT2D eigenvalue weighted by Crippen LogP contribution is -2.68. The third-order valence-electron chi connectivity index (χ3n) is 2.42. The Bertz CT molecular complexity index is 684. The van der Waals surface area contributed by atoms with Gasteiger partial charge in [-0.15, -0.1) is 0 Å². The van der Waals surface area contributed by atoms with Crippen LogP contribution in [-0.2, 0) is 9.79 Å². The van der Waals surface area contributed by atoms with E-state index in [0.717, 1.165) is 0 Å². The standard InChI is InChI=1S/C8H6ClFN4O5/c9-8(4(16)12-6(18)13-5(8)17)14-1-2(10)3(15)11-7(14)19/h1,4,16H,(H,11,15,19)(H2,12,13,17,18). The number of aliphatic hydroxyl groups excluding tert-OH is 1. The molecule has 4 N–H and O–H groups in total. The van der Waals surface area contributed by atoms with Crippen molar-refractivity contribution in [3.63, 3.8) is 0 Å². The number of urea groups is 1. The number of H-pyrrole nitrogens is 1. The van der Waals surface area contributed by atoms with Crippen LogP contribution >= 0.6 is 11.6 Å². The van der Waals surface area contributed by atoms with Crippen LogP contribution in [0.15, 0.2) is 15.8 Å². The summed E-state index contributed by atoms with van der Waals surface area (Å²) >= 11 is 5.79. The lowest BCUT2D eigenvalue weighted by atomic mass is 10.2. The molecule has 2 unspecified atom stereocenters. The molecule has 1 aliphatic heterocycles. The zero-order valence-corrected chi connectivity index (χ0v) is 9.69. The Morgan fingerprint density at radius 1 is 1.37 bits per heavy atom. The molecule has 19 heavy (non-hydrogen) atoms. The first-order valence-electron chi connectivity index (χ1n) is 4.77. The van der Waals surface area contributed by atoms with Crippen LogP contribution in [0.25, 0.3) is 0 Å². The van der Waals surface area contributed by atoms with Crippen molar-refractivity contribution in [3.8, 4) is 0 Å². The highest BCUT2D eigenvalue weighted by atomic mass is 35.5. The molecule has 0 aromatic carbocycles. The summed E-state index contributed by atoms with van der Waals surface area (Å²) < 4.78 is 13.4. The highest BCUT2D eigenvalue weighted by Gasteiger charge is 2.51. The van der Waals surface area contributed by atoms with Crippen LogP contribution in [-0.4, -0.2) is 32.8 Å². The van der Waals surface area contributed by atoms with Crippen molar-refractivity contribution in [3.05, 3.63) is 32.9 Å². The van der Waals surface area contributed by atoms with E-state index in [9.17, 15) is 28.7 Å². The van der Waals surface area contributed by atoms with Gasteiger partial charge in [-0.3, -0.25) is 24.5 Å². The molecular formula is C8H6ClFN4O5. The number of nitrogens with zero attached hydrogens (tertiary/aromatic N) is 1. The number of aliphatic hydroxyl groups is 1. The number of imide groups is 1. The maximum absolute atomic E-state index is 13.2. The Morgan fingerprint density at radius 2 is 2.00 bits per heavy atom. The second-order valence-electron chi connectivity index (χ2n) is 3.61. The Hall–Kier alpha value is -2.20. The zero-order valence-electron chi connectivity index (χ0n) is 8.94. The van der Waals surface area contributed by atoms with E-state index in [1.54, 1.807) is 10.3 Å². The van der Waals surface area contributed by atoms with Gasteiger partial charge in [-0.1, -0.05) is 11.6 Å². The van der Waals surface area contributed by atoms with Crippen molar-refractivity contribution in [1.29, 1.82) is 0 Å². The molecule has 1 aliphatic rings. The first-order chi connectivity index (χ1) is 8.76. The Kier molecular flexibility index (Phi) is 2.91. The van der Waals surface area contributed by atoms with Crippen LogP contribution in [0.3, 0.4) is 0 Å². The van der Waals surface area contributed by atoms with Crippen LogP contribution in [0.1, 0.15) is 0 Å². The van der Waals surface area contributed by atoms with E-state index in [1.165, 1.54) is 0 Å². The zero-order chi connectivity index (χ0) is 14.4. The monoisotopic (exact) mass is 292 g/mol. The molecule has 102 valence electrons. The average Bonchev–Trinajstić information content (AvgIpc) is 2.30. The van der Waals surface area contributed by atoms with Crippen molar-refractivity contribution in [2.24, 2.45) is 0 Å². The molecule has 1 saturated heterocycles. The van der Waals surface area contributed by atoms with E-state index in [2.05, 4.69) is 0 Å². The molecule has 0 aliphatic carbocycles. The molecule has 0 radical (unpaired) electrons. The predicted octanol–water partition coefficient (Wildman–Crippen LogP) is -2.27. The van der Waals surface area contributed by atoms with Crippen molar-refractivity contribution in [2.45, 2.75) is 11.2 Å². The largest absolute Gasteiger partial charge is 0.369 e. The van der Waals surface area contributed by atoms with Crippen molar-refractivity contribution < 1.29 is 19.1 Å². The highest BCUT2D eigenvalue weighted by molar-refractivity contribution is 6.34. The van der Waals surface area contributed by atoms with Crippen molar-refractivity contribution >= 4 is 23.5 Å². The molecule has 1 fully saturated rings. The first kappa shape index (κ1) is 13.2. The fraction of sp³-hybridized carbons (Fsp3) is 0.250. The number of alkyl halides is 1. The quantitative estimate of drug-likeness (QED) is 0.433. The lowest BCUT2D eigenvalue weighted by Gasteiger charge is -2.35. The maximum atomic E-state index is 13.2. The Balaban J connectivity index is 2.65. The number of hydrogen-bond donors (Lipinski definition) is 4. The first-order valence-corrected chi connectivity index (χ1v) is 5.15. The van der Waals surface area contributed by atoms with Crippen LogP contribution in [0.4, 0.5) is 9.18 Å². The van der Waals surface area contributed by atoms with Crippen LogP contribution < -0.4 is 21.9 Å². The fourth-order valence-corrected chi connectivity index (χ4v) is 1.73. The third-order valence-corrected chi connectivity index (χ3v) is 2.99. The van der Waals surface area contributed by atoms with Crippen molar-refractivity contribution in [2.75, 3.05) is 0 Å². The molecule has 0 spiro atoms. The van der Waals surface area contributed by atoms with E-state index in [4.69, 9.17) is 11.6 Å². The smallest absolute Gasteiger partial charge is 0.330 e. The normalized spacial score (nSPS) is 26.8. The van der Waals surface area contributed by atoms with E-state index < -0.39 is 40.2 Å². The summed E-state index contributed by atoms with van der Waals surface area (Å²) in [5, 5.41) is 13.2. The molecule has 1 aromatic heterocycles. The van der Waals surface area contributed by atoms with E-state index in [-0.39, 0.29) is 4.57 Å². The molecule has 11 heteroatoms. The molecule has 3 amide bonds. The molecule has 1 aromatic rings. The minimum Gasteiger partial charge on any atom is -0.369 e. The van der Waals surface area contributed by atoms with E-state index in [1.807, 2.05) is 5.32 Å². The van der Waals surface area contributed by atoms with Gasteiger partial charge in [-0.25, -0.2) is 9.59 Å². The fourth-order valence-electron chi connectivity index (χ4n) is 1.50. The number of rotatable bonds is 1. The molecule has 0 saturated carbocycles. The predicted molar refractivity (Wildman–Crippen MR) is 57.8 cm³/mol. The van der Waals surface area contributed by atoms with E-state index in [0.29, 0.717) is 6.20 Å². The van der Waals surface area contributed by atoms with Crippen LogP contribution in [0, 0.1) is 5.82 Å². The van der Waals surface area contributed by atoms with Gasteiger partial charge in [0.2, 0.25) is 10.8 Å². The van der Waals surface area contributed by atoms with Crippen molar-refractivity contribution in [1.82, 2.24) is 20.2 Å². The number of aromatic amines is 1. The average molecular weight is 293 g/mol. The van der Waals surface area contributed by atoms with Gasteiger partial charge in [0.25, 0.3) is 11.5 Å². The van der Waals surface area contributed by atoms with Crippen LogP contribution in [0.2, 0.25) is 0 Å². The topological polar surface area (TPSA) is 133 Å². The van der Waals surface area contributed by atoms with Gasteiger partial charge in [-0.05, 0) is 0 Å². The molecule has 9 nitrogen and oxygen atoms in total. The summed E-state index contributed by atoms with van der Waals surface area (Å²) in [6.07, 6.45) is -1.65. The minimum atomic E-state index is -2.52. The molecule has 2 heterocycles. The van der Waals surface area contributed by atoms with Gasteiger partial charge in [0.15, 0.2) is 6.23 Å². The van der Waals surface area contributed by atoms with Gasteiger partial charge in [0.1, 0.15) is 0 Å². The minimum absolute atomic E-state index is 0.269. The van der Waals surface area contributed by atoms with Gasteiger partial charge >= 0.3 is 11.7 Å². The number of carbonyl (C=O) groups excluding carboxylic acids is 2. The third kappa shape index (κ3) is 1.90. The van der Waals surface area contributed by atoms with E-state index >= 15 is 0 Å². The number of hydrogen-bond acceptors (Lipinski definition) is 5. The Labute approximate surface area is 108 Å². The van der Waals surface area contributed by atoms with Gasteiger partial charge < -0.3 is 10.4 Å². The van der Waals surface area contributed by atoms with Crippen LogP contribution in [0.5, 0.6) is 0 Å². The number of aromatic nitrogens is 2. The second kappa shape index (κ2) is 4.17. The summed E-state index contributed by atoms with van der Waals surface area (Å²) in [6, 6.07) is -1.04. The summed E-state index contributed by atoms with van der Waals surface area (Å²) in [5.74, 6) is -2.64. The van der Waals surface area contributed by atoms with Gasteiger partial charge in [-0.2, -0.15) is 4.39 Å². The molecule has 2 rings (SSSR count). The number of amides is 3. The summed E-state index contributed by atoms with van der Waals surface area (Å²) in [7, 11) is 0. The maximum Gasteiger partial charge on any atom is 0.330 e. The number of halogens is 2. The summed E-state index contributed by atoms with van der Waals surface area (Å²) in [6.45, 7) is 0. The number of carbonyl (C=O) groups is 2. The SMILES string of the molecule is O=C1NC(=O)C(Cl)(n2cc(F)c(=O)[nH]c2=O)C(O)N1. The molecule has 0 bridgehead atoms. The number of nitrogens with one attached hydrogen (secondary N) is 3. The molecular weight excluding hydrogens is 287 g/mol. The Morgan fingerprint density at radius 3 is 2.58 bits per heavy atom. The van der Waals surface area contributed by atoms with Gasteiger partial charge in [0, 0.05) is 0 Å². The summed E-state index contributed by atoms with van der Waals surface area (Å²) in [4.78, 5) is 44.0. The highest BCUT2D eigenvalue weighted by Crippen LogP contribution is 2.26.